The van der Waals surface area contributed by atoms with Gasteiger partial charge in [0.15, 0.2) is 0 Å². The molecule has 0 bridgehead atoms. The Bertz CT molecular complexity index is 99.7. The summed E-state index contributed by atoms with van der Waals surface area (Å²) in [5.74, 6) is 0.644. The highest BCUT2D eigenvalue weighted by atomic mass is 32.1. The molecule has 0 aromatic carbocycles. The van der Waals surface area contributed by atoms with Gasteiger partial charge in [-0.15, -0.1) is 0 Å². The summed E-state index contributed by atoms with van der Waals surface area (Å²) >= 11 is 4.64. The third-order valence-corrected chi connectivity index (χ3v) is 3.49. The molecule has 2 atom stereocenters. The van der Waals surface area contributed by atoms with Gasteiger partial charge in [-0.3, -0.25) is 0 Å². The minimum atomic E-state index is 0.0377. The number of thiol groups is 1. The van der Waals surface area contributed by atoms with E-state index in [1.165, 1.54) is 12.8 Å². The van der Waals surface area contributed by atoms with E-state index in [9.17, 15) is 0 Å². The fourth-order valence-electron chi connectivity index (χ4n) is 1.44. The minimum absolute atomic E-state index is 0.0377. The maximum absolute atomic E-state index is 4.64. The molecule has 0 aliphatic carbocycles. The van der Waals surface area contributed by atoms with Crippen molar-refractivity contribution in [3.05, 3.63) is 0 Å². The zero-order chi connectivity index (χ0) is 8.91. The van der Waals surface area contributed by atoms with Crippen molar-refractivity contribution in [1.29, 1.82) is 0 Å². The van der Waals surface area contributed by atoms with E-state index in [0.717, 1.165) is 6.42 Å². The molecule has 0 aliphatic rings. The molecule has 0 heterocycles. The normalized spacial score (nSPS) is 19.4. The molecule has 0 aromatic heterocycles. The number of rotatable bonds is 5. The van der Waals surface area contributed by atoms with Crippen molar-refractivity contribution in [2.24, 2.45) is 5.92 Å². The predicted molar refractivity (Wildman–Crippen MR) is 55.1 cm³/mol. The molecule has 11 heavy (non-hydrogen) atoms. The minimum Gasteiger partial charge on any atom is -0.306 e. The zero-order valence-corrected chi connectivity index (χ0v) is 9.04. The maximum atomic E-state index is 4.64. The molecule has 0 rings (SSSR count). The van der Waals surface area contributed by atoms with E-state index in [4.69, 9.17) is 0 Å². The summed E-state index contributed by atoms with van der Waals surface area (Å²) in [6, 6.07) is 0. The fraction of sp³-hybridized carbons (Fsp3) is 1.00. The molecule has 0 spiro atoms. The van der Waals surface area contributed by atoms with Gasteiger partial charge in [-0.05, 0) is 25.8 Å². The van der Waals surface area contributed by atoms with Gasteiger partial charge in [0, 0.05) is 0 Å². The Kier molecular flexibility index (Phi) is 5.19. The van der Waals surface area contributed by atoms with E-state index in [2.05, 4.69) is 38.7 Å². The third-order valence-electron chi connectivity index (χ3n) is 2.51. The van der Waals surface area contributed by atoms with Gasteiger partial charge in [-0.2, -0.15) is 12.6 Å². The number of hydrogen-bond acceptors (Lipinski definition) is 2. The van der Waals surface area contributed by atoms with Crippen LogP contribution in [-0.4, -0.2) is 11.9 Å². The third kappa shape index (κ3) is 3.04. The number of nitrogens with one attached hydrogen (secondary N) is 1. The highest BCUT2D eigenvalue weighted by Gasteiger charge is 2.27. The molecule has 1 nitrogen and oxygen atoms in total. The Morgan fingerprint density at radius 3 is 2.27 bits per heavy atom. The van der Waals surface area contributed by atoms with Gasteiger partial charge < -0.3 is 5.32 Å². The van der Waals surface area contributed by atoms with E-state index < -0.39 is 0 Å². The van der Waals surface area contributed by atoms with Crippen molar-refractivity contribution < 1.29 is 0 Å². The monoisotopic (exact) mass is 175 g/mol. The molecule has 68 valence electrons. The van der Waals surface area contributed by atoms with E-state index in [0.29, 0.717) is 5.92 Å². The summed E-state index contributed by atoms with van der Waals surface area (Å²) in [7, 11) is 1.99. The lowest BCUT2D eigenvalue weighted by atomic mass is 9.94. The smallest absolute Gasteiger partial charge is 0.0636 e. The van der Waals surface area contributed by atoms with Crippen LogP contribution in [0.5, 0.6) is 0 Å². The summed E-state index contributed by atoms with van der Waals surface area (Å²) in [5, 5.41) is 3.28. The first kappa shape index (κ1) is 11.3. The SMILES string of the molecule is CCCC(C)C(S)(CC)NC. The van der Waals surface area contributed by atoms with Crippen molar-refractivity contribution in [1.82, 2.24) is 5.32 Å². The van der Waals surface area contributed by atoms with Crippen molar-refractivity contribution in [3.8, 4) is 0 Å². The Balaban J connectivity index is 4.00. The van der Waals surface area contributed by atoms with Crippen molar-refractivity contribution in [3.63, 3.8) is 0 Å². The molecule has 0 aromatic rings. The van der Waals surface area contributed by atoms with Gasteiger partial charge >= 0.3 is 0 Å². The van der Waals surface area contributed by atoms with Crippen LogP contribution in [0.25, 0.3) is 0 Å². The topological polar surface area (TPSA) is 12.0 Å². The van der Waals surface area contributed by atoms with Crippen LogP contribution < -0.4 is 5.32 Å². The van der Waals surface area contributed by atoms with Crippen LogP contribution in [-0.2, 0) is 0 Å². The summed E-state index contributed by atoms with van der Waals surface area (Å²) in [6.45, 7) is 6.65. The van der Waals surface area contributed by atoms with Crippen molar-refractivity contribution in [2.45, 2.75) is 44.9 Å². The molecule has 2 heteroatoms. The second-order valence-electron chi connectivity index (χ2n) is 3.22. The van der Waals surface area contributed by atoms with E-state index in [1.807, 2.05) is 7.05 Å². The van der Waals surface area contributed by atoms with E-state index >= 15 is 0 Å². The first-order valence-corrected chi connectivity index (χ1v) is 4.96. The first-order chi connectivity index (χ1) is 5.10. The molecule has 0 amide bonds. The average Bonchev–Trinajstić information content (AvgIpc) is 2.03. The van der Waals surface area contributed by atoms with E-state index in [-0.39, 0.29) is 4.87 Å². The van der Waals surface area contributed by atoms with Crippen molar-refractivity contribution >= 4 is 12.6 Å². The molecule has 1 N–H and O–H groups in total. The van der Waals surface area contributed by atoms with Crippen LogP contribution in [0.1, 0.15) is 40.0 Å². The number of hydrogen-bond donors (Lipinski definition) is 2. The second-order valence-corrected chi connectivity index (χ2v) is 4.02. The van der Waals surface area contributed by atoms with Gasteiger partial charge in [0.05, 0.1) is 4.87 Å². The van der Waals surface area contributed by atoms with Gasteiger partial charge in [0.2, 0.25) is 0 Å². The predicted octanol–water partition coefficient (Wildman–Crippen LogP) is 2.68. The molecular formula is C9H21NS. The Morgan fingerprint density at radius 2 is 2.00 bits per heavy atom. The summed E-state index contributed by atoms with van der Waals surface area (Å²) in [6.07, 6.45) is 3.57. The molecular weight excluding hydrogens is 154 g/mol. The van der Waals surface area contributed by atoms with Crippen LogP contribution >= 0.6 is 12.6 Å². The standard InChI is InChI=1S/C9H21NS/c1-5-7-8(3)9(11,6-2)10-4/h8,10-11H,5-7H2,1-4H3. The second kappa shape index (κ2) is 5.04. The highest BCUT2D eigenvalue weighted by molar-refractivity contribution is 7.81. The van der Waals surface area contributed by atoms with Crippen LogP contribution in [0.3, 0.4) is 0 Å². The maximum Gasteiger partial charge on any atom is 0.0636 e. The molecule has 0 fully saturated rings. The summed E-state index contributed by atoms with van der Waals surface area (Å²) in [4.78, 5) is 0.0377. The Morgan fingerprint density at radius 1 is 1.45 bits per heavy atom. The fourth-order valence-corrected chi connectivity index (χ4v) is 1.57. The van der Waals surface area contributed by atoms with E-state index in [1.54, 1.807) is 0 Å². The lowest BCUT2D eigenvalue weighted by Crippen LogP contribution is -2.42. The molecule has 0 saturated carbocycles. The van der Waals surface area contributed by atoms with Crippen molar-refractivity contribution in [2.75, 3.05) is 7.05 Å². The van der Waals surface area contributed by atoms with Gasteiger partial charge in [0.1, 0.15) is 0 Å². The van der Waals surface area contributed by atoms with Gasteiger partial charge in [0.25, 0.3) is 0 Å². The molecule has 0 aliphatic heterocycles. The molecule has 2 unspecified atom stereocenters. The quantitative estimate of drug-likeness (QED) is 0.483. The largest absolute Gasteiger partial charge is 0.306 e. The lowest BCUT2D eigenvalue weighted by Gasteiger charge is -2.33. The lowest BCUT2D eigenvalue weighted by molar-refractivity contribution is 0.329. The Hall–Kier alpha value is 0.310. The Labute approximate surface area is 76.4 Å². The first-order valence-electron chi connectivity index (χ1n) is 4.52. The highest BCUT2D eigenvalue weighted by Crippen LogP contribution is 2.28. The van der Waals surface area contributed by atoms with Crippen LogP contribution in [0.4, 0.5) is 0 Å². The average molecular weight is 175 g/mol. The molecule has 0 radical (unpaired) electrons. The molecule has 0 saturated heterocycles. The van der Waals surface area contributed by atoms with Crippen LogP contribution in [0.15, 0.2) is 0 Å². The van der Waals surface area contributed by atoms with Gasteiger partial charge in [-0.1, -0.05) is 27.2 Å². The van der Waals surface area contributed by atoms with Gasteiger partial charge in [-0.25, -0.2) is 0 Å². The summed E-state index contributed by atoms with van der Waals surface area (Å²) in [5.41, 5.74) is 0. The summed E-state index contributed by atoms with van der Waals surface area (Å²) < 4.78 is 0. The zero-order valence-electron chi connectivity index (χ0n) is 8.15. The van der Waals surface area contributed by atoms with Crippen LogP contribution in [0, 0.1) is 5.92 Å². The van der Waals surface area contributed by atoms with Crippen LogP contribution in [0.2, 0.25) is 0 Å².